The fraction of sp³-hybridized carbons (Fsp3) is 0.586. The smallest absolute Gasteiger partial charge is 0.0700 e. The Kier molecular flexibility index (Phi) is 7.70. The number of rotatable bonds is 7. The van der Waals surface area contributed by atoms with E-state index in [1.807, 2.05) is 0 Å². The van der Waals surface area contributed by atoms with Crippen LogP contribution in [0.15, 0.2) is 60.7 Å². The Morgan fingerprint density at radius 3 is 2.00 bits per heavy atom. The van der Waals surface area contributed by atoms with Crippen molar-refractivity contribution in [1.29, 1.82) is 0 Å². The molecule has 1 spiro atoms. The van der Waals surface area contributed by atoms with E-state index < -0.39 is 0 Å². The highest BCUT2D eigenvalue weighted by atomic mass is 16.5. The molecule has 0 radical (unpaired) electrons. The summed E-state index contributed by atoms with van der Waals surface area (Å²) in [7, 11) is 0. The van der Waals surface area contributed by atoms with Gasteiger partial charge in [-0.05, 0) is 57.1 Å². The van der Waals surface area contributed by atoms with Crippen molar-refractivity contribution in [2.75, 3.05) is 6.61 Å². The molecular formula is C29H42N2O. The van der Waals surface area contributed by atoms with Crippen molar-refractivity contribution in [2.45, 2.75) is 95.5 Å². The summed E-state index contributed by atoms with van der Waals surface area (Å²) < 4.78 is 5.94. The summed E-state index contributed by atoms with van der Waals surface area (Å²) in [6, 6.07) is 22.6. The lowest BCUT2D eigenvalue weighted by Crippen LogP contribution is -2.50. The number of nitrogens with one attached hydrogen (secondary N) is 2. The Balaban J connectivity index is 1.45. The average Bonchev–Trinajstić information content (AvgIpc) is 3.04. The topological polar surface area (TPSA) is 33.3 Å². The van der Waals surface area contributed by atoms with Gasteiger partial charge in [0, 0.05) is 6.61 Å². The highest BCUT2D eigenvalue weighted by molar-refractivity contribution is 5.31. The molecule has 1 heterocycles. The number of hydrogen-bond acceptors (Lipinski definition) is 3. The molecule has 32 heavy (non-hydrogen) atoms. The lowest BCUT2D eigenvalue weighted by molar-refractivity contribution is -0.00514. The van der Waals surface area contributed by atoms with Crippen LogP contribution < -0.4 is 10.6 Å². The minimum absolute atomic E-state index is 0.0248. The van der Waals surface area contributed by atoms with E-state index in [1.165, 1.54) is 62.5 Å². The molecule has 2 aromatic carbocycles. The van der Waals surface area contributed by atoms with Crippen LogP contribution in [0.1, 0.15) is 95.3 Å². The van der Waals surface area contributed by atoms with Crippen LogP contribution in [0.2, 0.25) is 0 Å². The SMILES string of the molecule is CC(C)(C)OCCCC[C@H]1CCCCC2(C1)N[C@H](c1ccccc1)[C@@H](c1ccccc1)N2. The molecule has 2 N–H and O–H groups in total. The van der Waals surface area contributed by atoms with Gasteiger partial charge in [-0.1, -0.05) is 92.8 Å². The molecule has 0 bridgehead atoms. The summed E-state index contributed by atoms with van der Waals surface area (Å²) >= 11 is 0. The van der Waals surface area contributed by atoms with Crippen LogP contribution in [0.4, 0.5) is 0 Å². The predicted molar refractivity (Wildman–Crippen MR) is 133 cm³/mol. The minimum Gasteiger partial charge on any atom is -0.376 e. The minimum atomic E-state index is -0.0248. The van der Waals surface area contributed by atoms with Gasteiger partial charge in [0.15, 0.2) is 0 Å². The molecule has 3 heteroatoms. The van der Waals surface area contributed by atoms with E-state index in [-0.39, 0.29) is 11.3 Å². The maximum Gasteiger partial charge on any atom is 0.0700 e. The third-order valence-corrected chi connectivity index (χ3v) is 7.16. The van der Waals surface area contributed by atoms with Gasteiger partial charge in [-0.25, -0.2) is 0 Å². The Hall–Kier alpha value is -1.68. The van der Waals surface area contributed by atoms with Crippen molar-refractivity contribution in [2.24, 2.45) is 5.92 Å². The van der Waals surface area contributed by atoms with Gasteiger partial charge in [0.25, 0.3) is 0 Å². The monoisotopic (exact) mass is 434 g/mol. The summed E-state index contributed by atoms with van der Waals surface area (Å²) in [5.74, 6) is 0.776. The molecule has 2 fully saturated rings. The van der Waals surface area contributed by atoms with E-state index in [4.69, 9.17) is 4.74 Å². The molecule has 174 valence electrons. The lowest BCUT2D eigenvalue weighted by Gasteiger charge is -2.32. The van der Waals surface area contributed by atoms with E-state index in [9.17, 15) is 0 Å². The summed E-state index contributed by atoms with van der Waals surface area (Å²) in [6.07, 6.45) is 10.2. The number of ether oxygens (including phenoxy) is 1. The highest BCUT2D eigenvalue weighted by Crippen LogP contribution is 2.43. The molecule has 1 aliphatic heterocycles. The van der Waals surface area contributed by atoms with Crippen LogP contribution in [0.5, 0.6) is 0 Å². The van der Waals surface area contributed by atoms with Crippen molar-refractivity contribution in [3.63, 3.8) is 0 Å². The van der Waals surface area contributed by atoms with Crippen LogP contribution in [-0.4, -0.2) is 17.9 Å². The first-order valence-electron chi connectivity index (χ1n) is 12.7. The zero-order valence-electron chi connectivity index (χ0n) is 20.3. The second-order valence-corrected chi connectivity index (χ2v) is 10.9. The van der Waals surface area contributed by atoms with E-state index in [2.05, 4.69) is 92.1 Å². The first kappa shape index (κ1) is 23.5. The van der Waals surface area contributed by atoms with Crippen molar-refractivity contribution in [1.82, 2.24) is 10.6 Å². The predicted octanol–water partition coefficient (Wildman–Crippen LogP) is 6.92. The van der Waals surface area contributed by atoms with Crippen LogP contribution in [0.3, 0.4) is 0 Å². The van der Waals surface area contributed by atoms with Crippen molar-refractivity contribution in [3.8, 4) is 0 Å². The molecule has 0 aromatic heterocycles. The molecular weight excluding hydrogens is 392 g/mol. The van der Waals surface area contributed by atoms with E-state index >= 15 is 0 Å². The quantitative estimate of drug-likeness (QED) is 0.464. The highest BCUT2D eigenvalue weighted by Gasteiger charge is 2.46. The van der Waals surface area contributed by atoms with Gasteiger partial charge in [0.1, 0.15) is 0 Å². The average molecular weight is 435 g/mol. The van der Waals surface area contributed by atoms with E-state index in [1.54, 1.807) is 0 Å². The largest absolute Gasteiger partial charge is 0.376 e. The van der Waals surface area contributed by atoms with Crippen molar-refractivity contribution < 1.29 is 4.74 Å². The summed E-state index contributed by atoms with van der Waals surface area (Å²) in [5.41, 5.74) is 2.77. The molecule has 2 aromatic rings. The molecule has 3 nitrogen and oxygen atoms in total. The molecule has 3 atom stereocenters. The standard InChI is InChI=1S/C29H42N2O/c1-28(2,3)32-21-13-11-15-23-14-10-12-20-29(22-23)30-26(24-16-6-4-7-17-24)27(31-29)25-18-8-5-9-19-25/h4-9,16-19,23,26-27,30-31H,10-15,20-22H2,1-3H3/t23-,26-,27-/m1/s1. The lowest BCUT2D eigenvalue weighted by atomic mass is 9.89. The fourth-order valence-electron chi connectivity index (χ4n) is 5.65. The van der Waals surface area contributed by atoms with Gasteiger partial charge < -0.3 is 4.74 Å². The second kappa shape index (κ2) is 10.5. The van der Waals surface area contributed by atoms with Crippen LogP contribution >= 0.6 is 0 Å². The van der Waals surface area contributed by atoms with Gasteiger partial charge in [-0.3, -0.25) is 10.6 Å². The molecule has 1 saturated heterocycles. The number of unbranched alkanes of at least 4 members (excludes halogenated alkanes) is 1. The zero-order valence-corrected chi connectivity index (χ0v) is 20.3. The fourth-order valence-corrected chi connectivity index (χ4v) is 5.65. The van der Waals surface area contributed by atoms with Crippen LogP contribution in [-0.2, 0) is 4.74 Å². The van der Waals surface area contributed by atoms with Crippen molar-refractivity contribution in [3.05, 3.63) is 71.8 Å². The van der Waals surface area contributed by atoms with Crippen LogP contribution in [0, 0.1) is 5.92 Å². The number of hydrogen-bond donors (Lipinski definition) is 2. The Bertz CT molecular complexity index is 767. The van der Waals surface area contributed by atoms with Gasteiger partial charge in [0.2, 0.25) is 0 Å². The molecule has 0 amide bonds. The molecule has 1 aliphatic carbocycles. The Morgan fingerprint density at radius 2 is 1.44 bits per heavy atom. The molecule has 4 rings (SSSR count). The van der Waals surface area contributed by atoms with Crippen molar-refractivity contribution >= 4 is 0 Å². The zero-order chi connectivity index (χ0) is 22.4. The molecule has 0 unspecified atom stereocenters. The third-order valence-electron chi connectivity index (χ3n) is 7.16. The van der Waals surface area contributed by atoms with Gasteiger partial charge in [-0.2, -0.15) is 0 Å². The molecule has 2 aliphatic rings. The normalized spacial score (nSPS) is 25.7. The maximum atomic E-state index is 5.94. The Morgan fingerprint density at radius 1 is 0.844 bits per heavy atom. The third kappa shape index (κ3) is 6.21. The van der Waals surface area contributed by atoms with E-state index in [0.29, 0.717) is 12.1 Å². The van der Waals surface area contributed by atoms with Gasteiger partial charge >= 0.3 is 0 Å². The van der Waals surface area contributed by atoms with E-state index in [0.717, 1.165) is 12.5 Å². The first-order chi connectivity index (χ1) is 15.4. The van der Waals surface area contributed by atoms with Gasteiger partial charge in [0.05, 0.1) is 23.3 Å². The summed E-state index contributed by atoms with van der Waals surface area (Å²) in [5, 5.41) is 8.25. The second-order valence-electron chi connectivity index (χ2n) is 10.9. The number of benzene rings is 2. The summed E-state index contributed by atoms with van der Waals surface area (Å²) in [4.78, 5) is 0. The maximum absolute atomic E-state index is 5.94. The summed E-state index contributed by atoms with van der Waals surface area (Å²) in [6.45, 7) is 7.31. The van der Waals surface area contributed by atoms with Crippen LogP contribution in [0.25, 0.3) is 0 Å². The Labute approximate surface area is 195 Å². The van der Waals surface area contributed by atoms with Gasteiger partial charge in [-0.15, -0.1) is 0 Å². The first-order valence-corrected chi connectivity index (χ1v) is 12.7. The molecule has 1 saturated carbocycles.